The zero-order chi connectivity index (χ0) is 10.2. The van der Waals surface area contributed by atoms with Crippen LogP contribution in [0.25, 0.3) is 0 Å². The Labute approximate surface area is 98.1 Å². The molecule has 0 saturated carbocycles. The standard InChI is InChI=1S/C10H13IN2O/c1-14-10-4-2-9(3-5-10)8-12-6-7-13-11/h2-5,8,13H,6-7H2,1H3. The van der Waals surface area contributed by atoms with Crippen LogP contribution in [0, 0.1) is 0 Å². The molecule has 0 saturated heterocycles. The summed E-state index contributed by atoms with van der Waals surface area (Å²) < 4.78 is 8.07. The van der Waals surface area contributed by atoms with E-state index in [-0.39, 0.29) is 0 Å². The minimum absolute atomic E-state index is 0.801. The molecule has 0 unspecified atom stereocenters. The van der Waals surface area contributed by atoms with Gasteiger partial charge in [0, 0.05) is 35.6 Å². The Morgan fingerprint density at radius 3 is 2.71 bits per heavy atom. The van der Waals surface area contributed by atoms with E-state index in [0.717, 1.165) is 24.4 Å². The van der Waals surface area contributed by atoms with Crippen molar-refractivity contribution in [3.05, 3.63) is 29.8 Å². The van der Waals surface area contributed by atoms with Crippen molar-refractivity contribution in [3.8, 4) is 5.75 Å². The van der Waals surface area contributed by atoms with Crippen molar-refractivity contribution in [2.75, 3.05) is 20.2 Å². The molecule has 4 heteroatoms. The van der Waals surface area contributed by atoms with E-state index >= 15 is 0 Å². The number of nitrogens with zero attached hydrogens (tertiary/aromatic N) is 1. The average Bonchev–Trinajstić information content (AvgIpc) is 2.25. The normalized spacial score (nSPS) is 10.7. The van der Waals surface area contributed by atoms with Crippen molar-refractivity contribution >= 4 is 29.1 Å². The molecule has 1 aromatic rings. The zero-order valence-corrected chi connectivity index (χ0v) is 10.2. The first-order valence-electron chi connectivity index (χ1n) is 4.34. The number of aliphatic imine (C=N–C) groups is 1. The van der Waals surface area contributed by atoms with Gasteiger partial charge in [-0.2, -0.15) is 0 Å². The Balaban J connectivity index is 2.47. The Kier molecular flexibility index (Phi) is 5.55. The monoisotopic (exact) mass is 304 g/mol. The molecule has 1 rings (SSSR count). The van der Waals surface area contributed by atoms with Gasteiger partial charge < -0.3 is 4.74 Å². The van der Waals surface area contributed by atoms with E-state index < -0.39 is 0 Å². The lowest BCUT2D eigenvalue weighted by Gasteiger charge is -1.98. The molecule has 0 bridgehead atoms. The van der Waals surface area contributed by atoms with E-state index in [4.69, 9.17) is 4.74 Å². The van der Waals surface area contributed by atoms with Crippen LogP contribution in [0.15, 0.2) is 29.3 Å². The minimum Gasteiger partial charge on any atom is -0.497 e. The fourth-order valence-electron chi connectivity index (χ4n) is 0.967. The number of hydrogen-bond acceptors (Lipinski definition) is 3. The van der Waals surface area contributed by atoms with E-state index in [1.165, 1.54) is 0 Å². The quantitative estimate of drug-likeness (QED) is 0.391. The smallest absolute Gasteiger partial charge is 0.118 e. The molecule has 0 aliphatic carbocycles. The largest absolute Gasteiger partial charge is 0.497 e. The van der Waals surface area contributed by atoms with Gasteiger partial charge in [-0.25, -0.2) is 0 Å². The third-order valence-electron chi connectivity index (χ3n) is 1.69. The second-order valence-corrected chi connectivity index (χ2v) is 3.45. The fourth-order valence-corrected chi connectivity index (χ4v) is 1.21. The maximum absolute atomic E-state index is 5.06. The van der Waals surface area contributed by atoms with Gasteiger partial charge in [-0.15, -0.1) is 0 Å². The Morgan fingerprint density at radius 1 is 1.43 bits per heavy atom. The summed E-state index contributed by atoms with van der Waals surface area (Å²) in [6, 6.07) is 7.83. The molecule has 0 fully saturated rings. The highest BCUT2D eigenvalue weighted by molar-refractivity contribution is 14.1. The number of halogens is 1. The third-order valence-corrected chi connectivity index (χ3v) is 2.23. The number of benzene rings is 1. The molecule has 0 amide bonds. The third kappa shape index (κ3) is 4.06. The van der Waals surface area contributed by atoms with Gasteiger partial charge >= 0.3 is 0 Å². The highest BCUT2D eigenvalue weighted by atomic mass is 127. The molecule has 3 nitrogen and oxygen atoms in total. The predicted molar refractivity (Wildman–Crippen MR) is 67.5 cm³/mol. The summed E-state index contributed by atoms with van der Waals surface area (Å²) in [5.74, 6) is 0.871. The average molecular weight is 304 g/mol. The van der Waals surface area contributed by atoms with Crippen molar-refractivity contribution in [1.82, 2.24) is 3.53 Å². The second-order valence-electron chi connectivity index (χ2n) is 2.69. The number of rotatable bonds is 5. The summed E-state index contributed by atoms with van der Waals surface area (Å²) >= 11 is 2.11. The maximum atomic E-state index is 5.06. The Bertz CT molecular complexity index is 285. The van der Waals surface area contributed by atoms with Crippen LogP contribution in [0.5, 0.6) is 5.75 Å². The molecule has 1 N–H and O–H groups in total. The number of nitrogens with one attached hydrogen (secondary N) is 1. The second kappa shape index (κ2) is 6.78. The number of methoxy groups -OCH3 is 1. The summed E-state index contributed by atoms with van der Waals surface area (Å²) in [4.78, 5) is 4.25. The maximum Gasteiger partial charge on any atom is 0.118 e. The van der Waals surface area contributed by atoms with Gasteiger partial charge in [0.05, 0.1) is 13.7 Å². The molecule has 0 spiro atoms. The highest BCUT2D eigenvalue weighted by Gasteiger charge is 1.89. The van der Waals surface area contributed by atoms with Crippen molar-refractivity contribution in [3.63, 3.8) is 0 Å². The van der Waals surface area contributed by atoms with Crippen LogP contribution in [0.4, 0.5) is 0 Å². The SMILES string of the molecule is COc1ccc(C=NCCNI)cc1. The van der Waals surface area contributed by atoms with E-state index in [2.05, 4.69) is 31.4 Å². The predicted octanol–water partition coefficient (Wildman–Crippen LogP) is 2.05. The van der Waals surface area contributed by atoms with Gasteiger partial charge in [0.15, 0.2) is 0 Å². The van der Waals surface area contributed by atoms with E-state index in [0.29, 0.717) is 0 Å². The first kappa shape index (κ1) is 11.5. The van der Waals surface area contributed by atoms with Gasteiger partial charge in [-0.1, -0.05) is 0 Å². The van der Waals surface area contributed by atoms with Crippen LogP contribution in [0.1, 0.15) is 5.56 Å². The minimum atomic E-state index is 0.801. The molecule has 0 aliphatic heterocycles. The summed E-state index contributed by atoms with van der Waals surface area (Å²) in [6.07, 6.45) is 1.87. The van der Waals surface area contributed by atoms with Gasteiger partial charge in [-0.3, -0.25) is 8.52 Å². The Hall–Kier alpha value is -0.620. The summed E-state index contributed by atoms with van der Waals surface area (Å²) in [5, 5.41) is 0. The van der Waals surface area contributed by atoms with E-state index in [1.807, 2.05) is 30.5 Å². The molecule has 76 valence electrons. The summed E-state index contributed by atoms with van der Waals surface area (Å²) in [6.45, 7) is 1.70. The molecule has 0 heterocycles. The van der Waals surface area contributed by atoms with Crippen molar-refractivity contribution in [2.45, 2.75) is 0 Å². The number of hydrogen-bond donors (Lipinski definition) is 1. The molecule has 0 aromatic heterocycles. The van der Waals surface area contributed by atoms with Crippen LogP contribution in [0.3, 0.4) is 0 Å². The van der Waals surface area contributed by atoms with Crippen molar-refractivity contribution < 1.29 is 4.74 Å². The van der Waals surface area contributed by atoms with Gasteiger partial charge in [-0.05, 0) is 29.8 Å². The Morgan fingerprint density at radius 2 is 2.14 bits per heavy atom. The van der Waals surface area contributed by atoms with Crippen LogP contribution in [0.2, 0.25) is 0 Å². The fraction of sp³-hybridized carbons (Fsp3) is 0.300. The highest BCUT2D eigenvalue weighted by Crippen LogP contribution is 2.09. The first-order valence-corrected chi connectivity index (χ1v) is 5.42. The molecule has 0 atom stereocenters. The lowest BCUT2D eigenvalue weighted by atomic mass is 10.2. The van der Waals surface area contributed by atoms with Crippen molar-refractivity contribution in [1.29, 1.82) is 0 Å². The summed E-state index contributed by atoms with van der Waals surface area (Å²) in [5.41, 5.74) is 1.10. The van der Waals surface area contributed by atoms with E-state index in [1.54, 1.807) is 7.11 Å². The zero-order valence-electron chi connectivity index (χ0n) is 8.03. The van der Waals surface area contributed by atoms with Gasteiger partial charge in [0.1, 0.15) is 5.75 Å². The van der Waals surface area contributed by atoms with Crippen LogP contribution in [-0.4, -0.2) is 26.4 Å². The van der Waals surface area contributed by atoms with Gasteiger partial charge in [0.25, 0.3) is 0 Å². The van der Waals surface area contributed by atoms with Crippen LogP contribution >= 0.6 is 22.9 Å². The number of ether oxygens (including phenoxy) is 1. The van der Waals surface area contributed by atoms with Crippen molar-refractivity contribution in [2.24, 2.45) is 4.99 Å². The lowest BCUT2D eigenvalue weighted by molar-refractivity contribution is 0.415. The first-order chi connectivity index (χ1) is 6.86. The summed E-state index contributed by atoms with van der Waals surface area (Å²) in [7, 11) is 1.66. The molecule has 1 aromatic carbocycles. The molecule has 0 aliphatic rings. The van der Waals surface area contributed by atoms with E-state index in [9.17, 15) is 0 Å². The molecule has 14 heavy (non-hydrogen) atoms. The molecule has 0 radical (unpaired) electrons. The van der Waals surface area contributed by atoms with Crippen LogP contribution < -0.4 is 8.27 Å². The molecular formula is C10H13IN2O. The van der Waals surface area contributed by atoms with Gasteiger partial charge in [0.2, 0.25) is 0 Å². The lowest BCUT2D eigenvalue weighted by Crippen LogP contribution is -2.03. The molecular weight excluding hydrogens is 291 g/mol. The topological polar surface area (TPSA) is 33.6 Å². The van der Waals surface area contributed by atoms with Crippen LogP contribution in [-0.2, 0) is 0 Å².